The van der Waals surface area contributed by atoms with Gasteiger partial charge >= 0.3 is 0 Å². The lowest BCUT2D eigenvalue weighted by atomic mass is 10.3. The van der Waals surface area contributed by atoms with Gasteiger partial charge in [-0.3, -0.25) is 0 Å². The third-order valence-electron chi connectivity index (χ3n) is 2.20. The molecule has 2 aromatic rings. The molecule has 1 aromatic carbocycles. The van der Waals surface area contributed by atoms with Gasteiger partial charge in [0.1, 0.15) is 17.4 Å². The minimum atomic E-state index is 0.487. The lowest BCUT2D eigenvalue weighted by molar-refractivity contribution is 0.304. The summed E-state index contributed by atoms with van der Waals surface area (Å²) in [6, 6.07) is 9.74. The molecular weight excluding hydrogens is 234 g/mol. The van der Waals surface area contributed by atoms with E-state index in [0.29, 0.717) is 6.61 Å². The summed E-state index contributed by atoms with van der Waals surface area (Å²) in [6.07, 6.45) is 0.916. The summed E-state index contributed by atoms with van der Waals surface area (Å²) in [4.78, 5) is 0. The highest BCUT2D eigenvalue weighted by molar-refractivity contribution is 7.11. The molecule has 0 saturated carbocycles. The summed E-state index contributed by atoms with van der Waals surface area (Å²) >= 11 is 1.60. The van der Waals surface area contributed by atoms with Gasteiger partial charge < -0.3 is 10.1 Å². The minimum absolute atomic E-state index is 0.487. The van der Waals surface area contributed by atoms with Crippen molar-refractivity contribution >= 4 is 11.3 Å². The van der Waals surface area contributed by atoms with E-state index in [9.17, 15) is 0 Å². The van der Waals surface area contributed by atoms with E-state index in [2.05, 4.69) is 15.5 Å². The third kappa shape index (κ3) is 3.80. The second-order valence-electron chi connectivity index (χ2n) is 3.54. The quantitative estimate of drug-likeness (QED) is 0.849. The van der Waals surface area contributed by atoms with Crippen molar-refractivity contribution in [2.24, 2.45) is 0 Å². The van der Waals surface area contributed by atoms with Crippen molar-refractivity contribution in [3.8, 4) is 5.75 Å². The predicted molar refractivity (Wildman–Crippen MR) is 68.3 cm³/mol. The first-order valence-corrected chi connectivity index (χ1v) is 6.34. The molecule has 0 fully saturated rings. The molecule has 0 aliphatic heterocycles. The second-order valence-corrected chi connectivity index (χ2v) is 4.69. The molecule has 0 bridgehead atoms. The van der Waals surface area contributed by atoms with Gasteiger partial charge in [-0.15, -0.1) is 10.2 Å². The number of hydrogen-bond donors (Lipinski definition) is 1. The van der Waals surface area contributed by atoms with Crippen LogP contribution in [0.2, 0.25) is 0 Å². The zero-order chi connectivity index (χ0) is 11.9. The molecule has 1 heterocycles. The Morgan fingerprint density at radius 1 is 1.18 bits per heavy atom. The summed E-state index contributed by atoms with van der Waals surface area (Å²) in [6.45, 7) is 1.41. The molecule has 1 N–H and O–H groups in total. The van der Waals surface area contributed by atoms with E-state index < -0.39 is 0 Å². The lowest BCUT2D eigenvalue weighted by Crippen LogP contribution is -2.09. The molecule has 2 rings (SSSR count). The number of nitrogens with one attached hydrogen (secondary N) is 1. The van der Waals surface area contributed by atoms with Crippen LogP contribution >= 0.6 is 11.3 Å². The SMILES string of the molecule is CNCCc1nnc(COc2ccccc2)s1. The van der Waals surface area contributed by atoms with Gasteiger partial charge in [0.15, 0.2) is 5.01 Å². The van der Waals surface area contributed by atoms with Crippen LogP contribution in [-0.2, 0) is 13.0 Å². The fraction of sp³-hybridized carbons (Fsp3) is 0.333. The van der Waals surface area contributed by atoms with Crippen molar-refractivity contribution in [3.63, 3.8) is 0 Å². The summed E-state index contributed by atoms with van der Waals surface area (Å²) in [5, 5.41) is 13.3. The van der Waals surface area contributed by atoms with E-state index in [0.717, 1.165) is 28.7 Å². The van der Waals surface area contributed by atoms with Crippen molar-refractivity contribution < 1.29 is 4.74 Å². The Hall–Kier alpha value is -1.46. The summed E-state index contributed by atoms with van der Waals surface area (Å²) in [5.74, 6) is 0.861. The maximum atomic E-state index is 5.60. The van der Waals surface area contributed by atoms with E-state index in [1.807, 2.05) is 37.4 Å². The van der Waals surface area contributed by atoms with Gasteiger partial charge in [0.05, 0.1) is 0 Å². The van der Waals surface area contributed by atoms with Gasteiger partial charge in [0.25, 0.3) is 0 Å². The Kier molecular flexibility index (Phi) is 4.46. The van der Waals surface area contributed by atoms with Crippen LogP contribution in [0.5, 0.6) is 5.75 Å². The van der Waals surface area contributed by atoms with Gasteiger partial charge in [0, 0.05) is 13.0 Å². The molecule has 0 spiro atoms. The number of para-hydroxylation sites is 1. The zero-order valence-electron chi connectivity index (χ0n) is 9.72. The standard InChI is InChI=1S/C12H15N3OS/c1-13-8-7-11-14-15-12(17-11)9-16-10-5-3-2-4-6-10/h2-6,13H,7-9H2,1H3. The van der Waals surface area contributed by atoms with Crippen LogP contribution in [0.25, 0.3) is 0 Å². The maximum Gasteiger partial charge on any atom is 0.155 e. The van der Waals surface area contributed by atoms with Gasteiger partial charge in [-0.25, -0.2) is 0 Å². The number of hydrogen-bond acceptors (Lipinski definition) is 5. The Morgan fingerprint density at radius 2 is 1.94 bits per heavy atom. The fourth-order valence-electron chi connectivity index (χ4n) is 1.34. The Morgan fingerprint density at radius 3 is 2.71 bits per heavy atom. The maximum absolute atomic E-state index is 5.60. The van der Waals surface area contributed by atoms with E-state index in [-0.39, 0.29) is 0 Å². The largest absolute Gasteiger partial charge is 0.486 e. The minimum Gasteiger partial charge on any atom is -0.486 e. The highest BCUT2D eigenvalue weighted by atomic mass is 32.1. The molecule has 0 radical (unpaired) electrons. The van der Waals surface area contributed by atoms with E-state index in [1.54, 1.807) is 11.3 Å². The number of ether oxygens (including phenoxy) is 1. The first-order valence-electron chi connectivity index (χ1n) is 5.52. The van der Waals surface area contributed by atoms with Crippen LogP contribution in [0, 0.1) is 0 Å². The molecule has 0 saturated heterocycles. The van der Waals surface area contributed by atoms with Crippen LogP contribution in [0.15, 0.2) is 30.3 Å². The molecule has 17 heavy (non-hydrogen) atoms. The average molecular weight is 249 g/mol. The predicted octanol–water partition coefficient (Wildman–Crippen LogP) is 1.88. The Bertz CT molecular complexity index is 444. The van der Waals surface area contributed by atoms with Crippen molar-refractivity contribution in [3.05, 3.63) is 40.3 Å². The number of benzene rings is 1. The van der Waals surface area contributed by atoms with Gasteiger partial charge in [-0.1, -0.05) is 29.5 Å². The Labute approximate surface area is 105 Å². The number of likely N-dealkylation sites (N-methyl/N-ethyl adjacent to an activating group) is 1. The molecule has 0 aliphatic rings. The number of nitrogens with zero attached hydrogens (tertiary/aromatic N) is 2. The first kappa shape index (κ1) is 12.0. The normalized spacial score (nSPS) is 10.4. The number of rotatable bonds is 6. The van der Waals surface area contributed by atoms with Gasteiger partial charge in [0.2, 0.25) is 0 Å². The highest BCUT2D eigenvalue weighted by Gasteiger charge is 2.04. The lowest BCUT2D eigenvalue weighted by Gasteiger charge is -2.01. The van der Waals surface area contributed by atoms with E-state index in [1.165, 1.54) is 0 Å². The smallest absolute Gasteiger partial charge is 0.155 e. The summed E-state index contributed by atoms with van der Waals surface area (Å²) in [7, 11) is 1.93. The molecule has 0 unspecified atom stereocenters. The molecule has 0 atom stereocenters. The van der Waals surface area contributed by atoms with Gasteiger partial charge in [-0.2, -0.15) is 0 Å². The average Bonchev–Trinajstić information content (AvgIpc) is 2.83. The zero-order valence-corrected chi connectivity index (χ0v) is 10.5. The molecule has 5 heteroatoms. The molecule has 0 aliphatic carbocycles. The molecular formula is C12H15N3OS. The van der Waals surface area contributed by atoms with E-state index >= 15 is 0 Å². The van der Waals surface area contributed by atoms with Crippen LogP contribution in [-0.4, -0.2) is 23.8 Å². The van der Waals surface area contributed by atoms with Gasteiger partial charge in [-0.05, 0) is 19.2 Å². The fourth-order valence-corrected chi connectivity index (χ4v) is 2.10. The van der Waals surface area contributed by atoms with Crippen molar-refractivity contribution in [2.75, 3.05) is 13.6 Å². The van der Waals surface area contributed by atoms with Crippen molar-refractivity contribution in [2.45, 2.75) is 13.0 Å². The highest BCUT2D eigenvalue weighted by Crippen LogP contribution is 2.14. The van der Waals surface area contributed by atoms with E-state index in [4.69, 9.17) is 4.74 Å². The second kappa shape index (κ2) is 6.32. The van der Waals surface area contributed by atoms with Crippen LogP contribution < -0.4 is 10.1 Å². The Balaban J connectivity index is 1.85. The van der Waals surface area contributed by atoms with Crippen molar-refractivity contribution in [1.29, 1.82) is 0 Å². The monoisotopic (exact) mass is 249 g/mol. The van der Waals surface area contributed by atoms with Crippen LogP contribution in [0.4, 0.5) is 0 Å². The molecule has 0 amide bonds. The summed E-state index contributed by atoms with van der Waals surface area (Å²) in [5.41, 5.74) is 0. The first-order chi connectivity index (χ1) is 8.38. The number of aromatic nitrogens is 2. The molecule has 1 aromatic heterocycles. The third-order valence-corrected chi connectivity index (χ3v) is 3.16. The van der Waals surface area contributed by atoms with Crippen LogP contribution in [0.3, 0.4) is 0 Å². The van der Waals surface area contributed by atoms with Crippen LogP contribution in [0.1, 0.15) is 10.0 Å². The molecule has 90 valence electrons. The molecule has 4 nitrogen and oxygen atoms in total. The van der Waals surface area contributed by atoms with Crippen molar-refractivity contribution in [1.82, 2.24) is 15.5 Å². The summed E-state index contributed by atoms with van der Waals surface area (Å²) < 4.78 is 5.60. The topological polar surface area (TPSA) is 47.0 Å².